The molecule has 0 aliphatic rings. The molecule has 1 radical (unpaired) electrons. The van der Waals surface area contributed by atoms with Gasteiger partial charge in [-0.2, -0.15) is 0 Å². The highest BCUT2D eigenvalue weighted by atomic mass is 16.5. The van der Waals surface area contributed by atoms with Crippen LogP contribution in [0.2, 0.25) is 0 Å². The smallest absolute Gasteiger partial charge is 0.168 e. The molecule has 1 aromatic carbocycles. The normalized spacial score (nSPS) is 9.58. The van der Waals surface area contributed by atoms with E-state index in [1.807, 2.05) is 12.1 Å². The molecule has 65 valence electrons. The molecule has 0 aromatic heterocycles. The van der Waals surface area contributed by atoms with Gasteiger partial charge in [-0.3, -0.25) is 0 Å². The molecule has 0 aliphatic heterocycles. The molecule has 0 bridgehead atoms. The van der Waals surface area contributed by atoms with Gasteiger partial charge in [0, 0.05) is 6.07 Å². The Hall–Kier alpha value is -1.18. The summed E-state index contributed by atoms with van der Waals surface area (Å²) in [6.45, 7) is 2.08. The lowest BCUT2D eigenvalue weighted by atomic mass is 10.1. The van der Waals surface area contributed by atoms with Gasteiger partial charge in [-0.1, -0.05) is 13.0 Å². The summed E-state index contributed by atoms with van der Waals surface area (Å²) >= 11 is 0. The van der Waals surface area contributed by atoms with Crippen LogP contribution in [0.15, 0.2) is 12.1 Å². The summed E-state index contributed by atoms with van der Waals surface area (Å²) in [4.78, 5) is 0. The van der Waals surface area contributed by atoms with E-state index in [-0.39, 0.29) is 0 Å². The average molecular weight is 165 g/mol. The largest absolute Gasteiger partial charge is 0.493 e. The van der Waals surface area contributed by atoms with Gasteiger partial charge >= 0.3 is 0 Å². The number of aryl methyl sites for hydroxylation is 1. The first kappa shape index (κ1) is 8.91. The number of benzene rings is 1. The van der Waals surface area contributed by atoms with E-state index < -0.39 is 0 Å². The minimum Gasteiger partial charge on any atom is -0.493 e. The van der Waals surface area contributed by atoms with Crippen LogP contribution in [0.4, 0.5) is 0 Å². The van der Waals surface area contributed by atoms with Crippen LogP contribution in [0.3, 0.4) is 0 Å². The molecular formula is C10H13O2. The van der Waals surface area contributed by atoms with Crippen molar-refractivity contribution in [1.82, 2.24) is 0 Å². The van der Waals surface area contributed by atoms with Gasteiger partial charge in [-0.15, -0.1) is 0 Å². The Morgan fingerprint density at radius 3 is 2.58 bits per heavy atom. The molecule has 0 atom stereocenters. The average Bonchev–Trinajstić information content (AvgIpc) is 2.16. The Labute approximate surface area is 73.1 Å². The van der Waals surface area contributed by atoms with Crippen molar-refractivity contribution in [1.29, 1.82) is 0 Å². The van der Waals surface area contributed by atoms with Crippen LogP contribution in [0.5, 0.6) is 11.5 Å². The van der Waals surface area contributed by atoms with E-state index >= 15 is 0 Å². The molecule has 0 spiro atoms. The van der Waals surface area contributed by atoms with Gasteiger partial charge in [0.05, 0.1) is 14.2 Å². The number of rotatable bonds is 3. The summed E-state index contributed by atoms with van der Waals surface area (Å²) < 4.78 is 10.3. The minimum atomic E-state index is 0.678. The standard InChI is InChI=1S/C10H13O2/c1-4-8-6-5-7-9(11-2)10(8)12-3/h5-6H,4H2,1-3H3. The summed E-state index contributed by atoms with van der Waals surface area (Å²) in [5.41, 5.74) is 1.15. The number of methoxy groups -OCH3 is 2. The molecule has 0 heterocycles. The zero-order valence-corrected chi connectivity index (χ0v) is 7.68. The molecule has 0 unspecified atom stereocenters. The first-order valence-electron chi connectivity index (χ1n) is 3.95. The number of hydrogen-bond acceptors (Lipinski definition) is 2. The van der Waals surface area contributed by atoms with Crippen molar-refractivity contribution >= 4 is 0 Å². The Bertz CT molecular complexity index is 234. The van der Waals surface area contributed by atoms with Crippen LogP contribution in [0.25, 0.3) is 0 Å². The lowest BCUT2D eigenvalue weighted by Crippen LogP contribution is -1.94. The minimum absolute atomic E-state index is 0.678. The SMILES string of the molecule is CCc1cc[c]c(OC)c1OC. The van der Waals surface area contributed by atoms with Gasteiger partial charge in [0.25, 0.3) is 0 Å². The third-order valence-corrected chi connectivity index (χ3v) is 1.79. The monoisotopic (exact) mass is 165 g/mol. The Kier molecular flexibility index (Phi) is 2.97. The molecule has 0 N–H and O–H groups in total. The Morgan fingerprint density at radius 2 is 2.08 bits per heavy atom. The highest BCUT2D eigenvalue weighted by Crippen LogP contribution is 2.30. The zero-order valence-electron chi connectivity index (χ0n) is 7.68. The maximum atomic E-state index is 5.20. The predicted molar refractivity (Wildman–Crippen MR) is 47.8 cm³/mol. The molecule has 2 heteroatoms. The van der Waals surface area contributed by atoms with Gasteiger partial charge in [0.15, 0.2) is 11.5 Å². The molecule has 2 nitrogen and oxygen atoms in total. The van der Waals surface area contributed by atoms with Gasteiger partial charge < -0.3 is 9.47 Å². The molecule has 0 aliphatic carbocycles. The van der Waals surface area contributed by atoms with Crippen molar-refractivity contribution in [2.24, 2.45) is 0 Å². The van der Waals surface area contributed by atoms with Crippen molar-refractivity contribution in [2.75, 3.05) is 14.2 Å². The van der Waals surface area contributed by atoms with Crippen LogP contribution in [-0.2, 0) is 6.42 Å². The summed E-state index contributed by atoms with van der Waals surface area (Å²) in [5.74, 6) is 1.47. The quantitative estimate of drug-likeness (QED) is 0.682. The maximum Gasteiger partial charge on any atom is 0.168 e. The van der Waals surface area contributed by atoms with Crippen molar-refractivity contribution in [3.05, 3.63) is 23.8 Å². The topological polar surface area (TPSA) is 18.5 Å². The highest BCUT2D eigenvalue weighted by molar-refractivity contribution is 5.45. The highest BCUT2D eigenvalue weighted by Gasteiger charge is 2.06. The number of ether oxygens (including phenoxy) is 2. The third-order valence-electron chi connectivity index (χ3n) is 1.79. The van der Waals surface area contributed by atoms with Crippen molar-refractivity contribution < 1.29 is 9.47 Å². The fourth-order valence-corrected chi connectivity index (χ4v) is 1.16. The van der Waals surface area contributed by atoms with E-state index in [0.29, 0.717) is 5.75 Å². The summed E-state index contributed by atoms with van der Waals surface area (Å²) in [5, 5.41) is 0. The first-order valence-corrected chi connectivity index (χ1v) is 3.95. The Morgan fingerprint density at radius 1 is 1.33 bits per heavy atom. The second-order valence-corrected chi connectivity index (χ2v) is 2.42. The van der Waals surface area contributed by atoms with Crippen LogP contribution in [-0.4, -0.2) is 14.2 Å². The van der Waals surface area contributed by atoms with Crippen molar-refractivity contribution in [3.8, 4) is 11.5 Å². The van der Waals surface area contributed by atoms with Gasteiger partial charge in [0.2, 0.25) is 0 Å². The van der Waals surface area contributed by atoms with Crippen molar-refractivity contribution in [3.63, 3.8) is 0 Å². The zero-order chi connectivity index (χ0) is 8.97. The summed E-state index contributed by atoms with van der Waals surface area (Å²) in [7, 11) is 3.26. The van der Waals surface area contributed by atoms with E-state index in [1.165, 1.54) is 0 Å². The van der Waals surface area contributed by atoms with E-state index in [2.05, 4.69) is 13.0 Å². The molecule has 0 fully saturated rings. The lowest BCUT2D eigenvalue weighted by molar-refractivity contribution is 0.351. The first-order chi connectivity index (χ1) is 5.83. The molecule has 0 saturated carbocycles. The van der Waals surface area contributed by atoms with E-state index in [9.17, 15) is 0 Å². The second kappa shape index (κ2) is 4.00. The van der Waals surface area contributed by atoms with E-state index in [0.717, 1.165) is 17.7 Å². The van der Waals surface area contributed by atoms with Gasteiger partial charge in [-0.25, -0.2) is 0 Å². The molecule has 1 aromatic rings. The molecule has 0 saturated heterocycles. The summed E-state index contributed by atoms with van der Waals surface area (Å²) in [6.07, 6.45) is 0.939. The van der Waals surface area contributed by atoms with Crippen molar-refractivity contribution in [2.45, 2.75) is 13.3 Å². The predicted octanol–water partition coefficient (Wildman–Crippen LogP) is 2.07. The van der Waals surface area contributed by atoms with Gasteiger partial charge in [-0.05, 0) is 18.1 Å². The van der Waals surface area contributed by atoms with Crippen LogP contribution >= 0.6 is 0 Å². The number of hydrogen-bond donors (Lipinski definition) is 0. The fraction of sp³-hybridized carbons (Fsp3) is 0.400. The van der Waals surface area contributed by atoms with E-state index in [1.54, 1.807) is 14.2 Å². The molecular weight excluding hydrogens is 152 g/mol. The fourth-order valence-electron chi connectivity index (χ4n) is 1.16. The summed E-state index contributed by atoms with van der Waals surface area (Å²) in [6, 6.07) is 6.80. The molecule has 12 heavy (non-hydrogen) atoms. The van der Waals surface area contributed by atoms with Crippen LogP contribution in [0.1, 0.15) is 12.5 Å². The Balaban J connectivity index is 3.13. The molecule has 0 amide bonds. The van der Waals surface area contributed by atoms with E-state index in [4.69, 9.17) is 9.47 Å². The third kappa shape index (κ3) is 1.52. The van der Waals surface area contributed by atoms with Crippen LogP contribution < -0.4 is 9.47 Å². The van der Waals surface area contributed by atoms with Gasteiger partial charge in [0.1, 0.15) is 0 Å². The lowest BCUT2D eigenvalue weighted by Gasteiger charge is -2.10. The molecule has 1 rings (SSSR count). The second-order valence-electron chi connectivity index (χ2n) is 2.42. The van der Waals surface area contributed by atoms with Crippen LogP contribution in [0, 0.1) is 6.07 Å². The maximum absolute atomic E-state index is 5.20.